The van der Waals surface area contributed by atoms with Gasteiger partial charge in [-0.15, -0.1) is 0 Å². The first-order valence-electron chi connectivity index (χ1n) is 8.26. The van der Waals surface area contributed by atoms with Gasteiger partial charge < -0.3 is 14.8 Å². The van der Waals surface area contributed by atoms with Crippen LogP contribution in [0.15, 0.2) is 42.5 Å². The summed E-state index contributed by atoms with van der Waals surface area (Å²) in [5.41, 5.74) is 0.425. The average molecular weight is 381 g/mol. The second-order valence-corrected chi connectivity index (χ2v) is 5.86. The van der Waals surface area contributed by atoms with Crippen molar-refractivity contribution in [1.29, 1.82) is 0 Å². The number of amides is 1. The van der Waals surface area contributed by atoms with Crippen LogP contribution in [0.1, 0.15) is 42.2 Å². The van der Waals surface area contributed by atoms with Crippen molar-refractivity contribution in [3.8, 4) is 0 Å². The van der Waals surface area contributed by atoms with Crippen molar-refractivity contribution in [3.05, 3.63) is 70.3 Å². The zero-order valence-corrected chi connectivity index (χ0v) is 14.8. The second kappa shape index (κ2) is 7.83. The Morgan fingerprint density at radius 2 is 1.54 bits per heavy atom. The largest absolute Gasteiger partial charge is 0.468 e. The van der Waals surface area contributed by atoms with E-state index in [1.807, 2.05) is 0 Å². The summed E-state index contributed by atoms with van der Waals surface area (Å²) in [6, 6.07) is 10.6. The van der Waals surface area contributed by atoms with Crippen LogP contribution in [0.2, 0.25) is 0 Å². The van der Waals surface area contributed by atoms with Crippen LogP contribution in [0, 0.1) is 0 Å². The van der Waals surface area contributed by atoms with Gasteiger partial charge in [0, 0.05) is 22.3 Å². The molecule has 0 saturated carbocycles. The summed E-state index contributed by atoms with van der Waals surface area (Å²) in [5.74, 6) is -3.12. The zero-order chi connectivity index (χ0) is 20.3. The molecule has 0 radical (unpaired) electrons. The first-order chi connectivity index (χ1) is 13.4. The number of carbonyl (C=O) groups excluding carboxylic acids is 5. The average Bonchev–Trinajstić information content (AvgIpc) is 2.73. The summed E-state index contributed by atoms with van der Waals surface area (Å²) in [5, 5.41) is 2.22. The van der Waals surface area contributed by atoms with Crippen LogP contribution < -0.4 is 5.32 Å². The molecule has 0 aliphatic heterocycles. The molecule has 3 rings (SSSR count). The molecule has 2 aromatic carbocycles. The van der Waals surface area contributed by atoms with Crippen molar-refractivity contribution < 1.29 is 33.4 Å². The maximum Gasteiger partial charge on any atom is 0.339 e. The van der Waals surface area contributed by atoms with Crippen LogP contribution in [0.4, 0.5) is 0 Å². The van der Waals surface area contributed by atoms with Crippen molar-refractivity contribution in [2.24, 2.45) is 0 Å². The molecule has 8 heteroatoms. The van der Waals surface area contributed by atoms with E-state index in [1.165, 1.54) is 31.4 Å². The molecule has 0 unspecified atom stereocenters. The zero-order valence-electron chi connectivity index (χ0n) is 14.8. The number of fused-ring (bicyclic) bond motifs is 2. The molecule has 142 valence electrons. The van der Waals surface area contributed by atoms with E-state index in [0.29, 0.717) is 0 Å². The van der Waals surface area contributed by atoms with Gasteiger partial charge in [0.05, 0.1) is 12.7 Å². The van der Waals surface area contributed by atoms with Gasteiger partial charge in [0.1, 0.15) is 6.54 Å². The van der Waals surface area contributed by atoms with Gasteiger partial charge in [-0.2, -0.15) is 0 Å². The Bertz CT molecular complexity index is 1010. The number of ketones is 2. The number of benzene rings is 2. The molecule has 0 bridgehead atoms. The molecule has 1 aliphatic carbocycles. The number of rotatable bonds is 5. The third kappa shape index (κ3) is 3.52. The summed E-state index contributed by atoms with van der Waals surface area (Å²) < 4.78 is 9.30. The maximum atomic E-state index is 12.8. The first kappa shape index (κ1) is 19.0. The predicted octanol–water partition coefficient (Wildman–Crippen LogP) is 0.908. The minimum atomic E-state index is -0.925. The lowest BCUT2D eigenvalue weighted by Crippen LogP contribution is -2.34. The Morgan fingerprint density at radius 1 is 0.893 bits per heavy atom. The molecule has 0 aromatic heterocycles. The van der Waals surface area contributed by atoms with Gasteiger partial charge in [0.25, 0.3) is 5.91 Å². The molecule has 8 nitrogen and oxygen atoms in total. The lowest BCUT2D eigenvalue weighted by Gasteiger charge is -2.19. The number of hydrogen-bond donors (Lipinski definition) is 1. The molecule has 2 aromatic rings. The second-order valence-electron chi connectivity index (χ2n) is 5.86. The minimum Gasteiger partial charge on any atom is -0.468 e. The lowest BCUT2D eigenvalue weighted by molar-refractivity contribution is -0.141. The molecular weight excluding hydrogens is 366 g/mol. The van der Waals surface area contributed by atoms with Gasteiger partial charge in [-0.25, -0.2) is 4.79 Å². The van der Waals surface area contributed by atoms with E-state index in [2.05, 4.69) is 10.1 Å². The fraction of sp³-hybridized carbons (Fsp3) is 0.150. The number of esters is 2. The predicted molar refractivity (Wildman–Crippen MR) is 95.1 cm³/mol. The molecular formula is C20H15NO7. The van der Waals surface area contributed by atoms with Crippen LogP contribution in [-0.2, 0) is 19.1 Å². The molecule has 0 saturated heterocycles. The lowest BCUT2D eigenvalue weighted by atomic mass is 9.82. The Hall–Kier alpha value is -3.81. The van der Waals surface area contributed by atoms with Gasteiger partial charge in [0.2, 0.25) is 0 Å². The molecule has 28 heavy (non-hydrogen) atoms. The quantitative estimate of drug-likeness (QED) is 0.653. The Kier molecular flexibility index (Phi) is 5.30. The molecule has 1 N–H and O–H groups in total. The van der Waals surface area contributed by atoms with E-state index < -0.39 is 30.2 Å². The standard InChI is InChI=1S/C20H15NO7/c1-27-16(23)9-21-15(22)10-28-20(26)14-8-4-7-13-17(14)19(25)12-6-3-2-5-11(12)18(13)24/h2-8H,9-10H2,1H3,(H,21,22). The number of carbonyl (C=O) groups is 5. The smallest absolute Gasteiger partial charge is 0.339 e. The van der Waals surface area contributed by atoms with E-state index in [-0.39, 0.29) is 40.1 Å². The first-order valence-corrected chi connectivity index (χ1v) is 8.26. The summed E-state index contributed by atoms with van der Waals surface area (Å²) in [6.45, 7) is -1.02. The minimum absolute atomic E-state index is 0.0498. The van der Waals surface area contributed by atoms with E-state index in [9.17, 15) is 24.0 Å². The van der Waals surface area contributed by atoms with Crippen molar-refractivity contribution >= 4 is 29.4 Å². The highest BCUT2D eigenvalue weighted by molar-refractivity contribution is 6.30. The third-order valence-corrected chi connectivity index (χ3v) is 4.16. The van der Waals surface area contributed by atoms with Crippen LogP contribution in [0.5, 0.6) is 0 Å². The normalized spacial score (nSPS) is 11.9. The topological polar surface area (TPSA) is 116 Å². The van der Waals surface area contributed by atoms with E-state index in [1.54, 1.807) is 18.2 Å². The number of hydrogen-bond acceptors (Lipinski definition) is 7. The van der Waals surface area contributed by atoms with E-state index in [0.717, 1.165) is 0 Å². The monoisotopic (exact) mass is 381 g/mol. The van der Waals surface area contributed by atoms with Crippen LogP contribution in [-0.4, -0.2) is 49.7 Å². The summed E-state index contributed by atoms with van der Waals surface area (Å²) in [4.78, 5) is 60.6. The number of nitrogens with one attached hydrogen (secondary N) is 1. The Labute approximate surface area is 159 Å². The summed E-state index contributed by atoms with van der Waals surface area (Å²) >= 11 is 0. The molecule has 0 heterocycles. The highest BCUT2D eigenvalue weighted by Crippen LogP contribution is 2.29. The molecule has 0 spiro atoms. The molecule has 1 amide bonds. The third-order valence-electron chi connectivity index (χ3n) is 4.16. The fourth-order valence-corrected chi connectivity index (χ4v) is 2.82. The molecule has 0 atom stereocenters. The van der Waals surface area contributed by atoms with Crippen molar-refractivity contribution in [3.63, 3.8) is 0 Å². The Balaban J connectivity index is 1.80. The van der Waals surface area contributed by atoms with Crippen LogP contribution in [0.3, 0.4) is 0 Å². The van der Waals surface area contributed by atoms with Crippen molar-refractivity contribution in [2.75, 3.05) is 20.3 Å². The SMILES string of the molecule is COC(=O)CNC(=O)COC(=O)c1cccc2c1C(=O)c1ccccc1C2=O. The van der Waals surface area contributed by atoms with Gasteiger partial charge >= 0.3 is 11.9 Å². The summed E-state index contributed by atoms with van der Waals surface area (Å²) in [6.07, 6.45) is 0. The number of methoxy groups -OCH3 is 1. The number of ether oxygens (including phenoxy) is 2. The van der Waals surface area contributed by atoms with Crippen LogP contribution in [0.25, 0.3) is 0 Å². The van der Waals surface area contributed by atoms with Gasteiger partial charge in [0.15, 0.2) is 18.2 Å². The Morgan fingerprint density at radius 3 is 2.21 bits per heavy atom. The molecule has 0 fully saturated rings. The van der Waals surface area contributed by atoms with Crippen molar-refractivity contribution in [1.82, 2.24) is 5.32 Å². The highest BCUT2D eigenvalue weighted by atomic mass is 16.5. The maximum absolute atomic E-state index is 12.8. The van der Waals surface area contributed by atoms with Crippen molar-refractivity contribution in [2.45, 2.75) is 0 Å². The van der Waals surface area contributed by atoms with Crippen LogP contribution >= 0.6 is 0 Å². The van der Waals surface area contributed by atoms with E-state index in [4.69, 9.17) is 4.74 Å². The summed E-state index contributed by atoms with van der Waals surface area (Å²) in [7, 11) is 1.17. The van der Waals surface area contributed by atoms with E-state index >= 15 is 0 Å². The highest BCUT2D eigenvalue weighted by Gasteiger charge is 2.33. The molecule has 1 aliphatic rings. The fourth-order valence-electron chi connectivity index (χ4n) is 2.82. The van der Waals surface area contributed by atoms with Gasteiger partial charge in [-0.1, -0.05) is 36.4 Å². The van der Waals surface area contributed by atoms with Gasteiger partial charge in [-0.05, 0) is 6.07 Å². The van der Waals surface area contributed by atoms with Gasteiger partial charge in [-0.3, -0.25) is 19.2 Å².